The Morgan fingerprint density at radius 1 is 1.53 bits per heavy atom. The fourth-order valence-electron chi connectivity index (χ4n) is 0.936. The van der Waals surface area contributed by atoms with Crippen molar-refractivity contribution in [1.29, 1.82) is 0 Å². The summed E-state index contributed by atoms with van der Waals surface area (Å²) in [7, 11) is 0. The summed E-state index contributed by atoms with van der Waals surface area (Å²) in [5, 5.41) is 2.67. The standard InChI is InChI=1S/C8H9BrF3N3O2/c9-5-6(14-4-15-7(5)16)13-1-2-17-3-8(10,11)12/h4H,1-3H2,(H2,13,14,15,16). The van der Waals surface area contributed by atoms with E-state index in [0.29, 0.717) is 0 Å². The van der Waals surface area contributed by atoms with Crippen molar-refractivity contribution in [1.82, 2.24) is 9.97 Å². The van der Waals surface area contributed by atoms with E-state index in [2.05, 4.69) is 36.0 Å². The van der Waals surface area contributed by atoms with Crippen LogP contribution in [-0.4, -0.2) is 35.9 Å². The molecule has 5 nitrogen and oxygen atoms in total. The van der Waals surface area contributed by atoms with Crippen molar-refractivity contribution < 1.29 is 17.9 Å². The molecule has 1 rings (SSSR count). The molecule has 0 fully saturated rings. The zero-order valence-electron chi connectivity index (χ0n) is 8.47. The SMILES string of the molecule is O=c1[nH]cnc(NCCOCC(F)(F)F)c1Br. The number of hydrogen-bond donors (Lipinski definition) is 2. The molecule has 17 heavy (non-hydrogen) atoms. The van der Waals surface area contributed by atoms with E-state index in [4.69, 9.17) is 0 Å². The molecule has 0 saturated carbocycles. The number of anilines is 1. The molecule has 1 aromatic heterocycles. The molecule has 9 heteroatoms. The Hall–Kier alpha value is -1.09. The highest BCUT2D eigenvalue weighted by molar-refractivity contribution is 9.10. The first-order valence-electron chi connectivity index (χ1n) is 4.51. The number of halogens is 4. The molecular formula is C8H9BrF3N3O2. The van der Waals surface area contributed by atoms with E-state index in [1.165, 1.54) is 6.33 Å². The summed E-state index contributed by atoms with van der Waals surface area (Å²) in [5.74, 6) is 0.254. The van der Waals surface area contributed by atoms with Gasteiger partial charge in [0.15, 0.2) is 0 Å². The monoisotopic (exact) mass is 315 g/mol. The topological polar surface area (TPSA) is 67.0 Å². The molecule has 0 saturated heterocycles. The summed E-state index contributed by atoms with van der Waals surface area (Å²) >= 11 is 2.99. The number of nitrogens with zero attached hydrogens (tertiary/aromatic N) is 1. The number of hydrogen-bond acceptors (Lipinski definition) is 4. The molecule has 0 amide bonds. The maximum Gasteiger partial charge on any atom is 0.411 e. The van der Waals surface area contributed by atoms with Crippen LogP contribution < -0.4 is 10.9 Å². The number of ether oxygens (including phenoxy) is 1. The third-order valence-corrected chi connectivity index (χ3v) is 2.34. The zero-order valence-corrected chi connectivity index (χ0v) is 10.1. The Bertz CT molecular complexity index is 421. The van der Waals surface area contributed by atoms with Crippen LogP contribution in [0.4, 0.5) is 19.0 Å². The smallest absolute Gasteiger partial charge is 0.370 e. The van der Waals surface area contributed by atoms with Crippen LogP contribution in [0.1, 0.15) is 0 Å². The second-order valence-electron chi connectivity index (χ2n) is 2.99. The van der Waals surface area contributed by atoms with Gasteiger partial charge in [0.25, 0.3) is 5.56 Å². The van der Waals surface area contributed by atoms with E-state index >= 15 is 0 Å². The highest BCUT2D eigenvalue weighted by Gasteiger charge is 2.27. The van der Waals surface area contributed by atoms with Gasteiger partial charge in [-0.1, -0.05) is 0 Å². The summed E-state index contributed by atoms with van der Waals surface area (Å²) in [6.45, 7) is -1.32. The third kappa shape index (κ3) is 5.18. The zero-order chi connectivity index (χ0) is 12.9. The van der Waals surface area contributed by atoms with Crippen molar-refractivity contribution in [3.05, 3.63) is 21.2 Å². The van der Waals surface area contributed by atoms with Crippen LogP contribution >= 0.6 is 15.9 Å². The largest absolute Gasteiger partial charge is 0.411 e. The fourth-order valence-corrected chi connectivity index (χ4v) is 1.29. The molecule has 0 bridgehead atoms. The van der Waals surface area contributed by atoms with Gasteiger partial charge in [-0.15, -0.1) is 0 Å². The number of aromatic amines is 1. The van der Waals surface area contributed by atoms with Gasteiger partial charge in [-0.05, 0) is 15.9 Å². The molecule has 1 heterocycles. The summed E-state index contributed by atoms with van der Waals surface area (Å²) in [5.41, 5.74) is -0.376. The molecule has 0 atom stereocenters. The van der Waals surface area contributed by atoms with Crippen molar-refractivity contribution in [2.75, 3.05) is 25.1 Å². The van der Waals surface area contributed by atoms with Gasteiger partial charge in [-0.25, -0.2) is 4.98 Å². The molecule has 0 unspecified atom stereocenters. The number of aromatic nitrogens is 2. The molecule has 0 aliphatic rings. The minimum atomic E-state index is -4.33. The van der Waals surface area contributed by atoms with Gasteiger partial charge in [0.05, 0.1) is 12.9 Å². The summed E-state index contributed by atoms with van der Waals surface area (Å²) in [6.07, 6.45) is -3.14. The van der Waals surface area contributed by atoms with Gasteiger partial charge >= 0.3 is 6.18 Å². The van der Waals surface area contributed by atoms with E-state index in [9.17, 15) is 18.0 Å². The number of H-pyrrole nitrogens is 1. The first-order chi connectivity index (χ1) is 7.90. The van der Waals surface area contributed by atoms with Gasteiger partial charge in [0, 0.05) is 6.54 Å². The summed E-state index contributed by atoms with van der Waals surface area (Å²) in [6, 6.07) is 0. The summed E-state index contributed by atoms with van der Waals surface area (Å²) in [4.78, 5) is 17.2. The fraction of sp³-hybridized carbons (Fsp3) is 0.500. The molecule has 0 radical (unpaired) electrons. The Kier molecular flexibility index (Phi) is 4.94. The minimum absolute atomic E-state index is 0.116. The second-order valence-corrected chi connectivity index (χ2v) is 3.78. The Labute approximate surface area is 103 Å². The van der Waals surface area contributed by atoms with Crippen LogP contribution in [0.2, 0.25) is 0 Å². The lowest BCUT2D eigenvalue weighted by molar-refractivity contribution is -0.172. The lowest BCUT2D eigenvalue weighted by Gasteiger charge is -2.09. The van der Waals surface area contributed by atoms with Crippen LogP contribution in [0.5, 0.6) is 0 Å². The number of rotatable bonds is 5. The van der Waals surface area contributed by atoms with E-state index in [1.54, 1.807) is 0 Å². The van der Waals surface area contributed by atoms with Crippen LogP contribution in [0.3, 0.4) is 0 Å². The van der Waals surface area contributed by atoms with Crippen LogP contribution in [0, 0.1) is 0 Å². The number of alkyl halides is 3. The van der Waals surface area contributed by atoms with Gasteiger partial charge < -0.3 is 15.0 Å². The van der Waals surface area contributed by atoms with Gasteiger partial charge in [0.1, 0.15) is 16.9 Å². The third-order valence-electron chi connectivity index (χ3n) is 1.60. The first-order valence-corrected chi connectivity index (χ1v) is 5.31. The second kappa shape index (κ2) is 6.01. The van der Waals surface area contributed by atoms with E-state index < -0.39 is 12.8 Å². The average Bonchev–Trinajstić information content (AvgIpc) is 2.22. The minimum Gasteiger partial charge on any atom is -0.370 e. The summed E-state index contributed by atoms with van der Waals surface area (Å²) < 4.78 is 39.7. The van der Waals surface area contributed by atoms with Crippen molar-refractivity contribution in [2.45, 2.75) is 6.18 Å². The quantitative estimate of drug-likeness (QED) is 0.809. The molecule has 0 aliphatic heterocycles. The number of nitrogens with one attached hydrogen (secondary N) is 2. The highest BCUT2D eigenvalue weighted by Crippen LogP contribution is 2.15. The maximum absolute atomic E-state index is 11.7. The van der Waals surface area contributed by atoms with Gasteiger partial charge in [0.2, 0.25) is 0 Å². The maximum atomic E-state index is 11.7. The first kappa shape index (κ1) is 14.0. The molecule has 0 aliphatic carbocycles. The lowest BCUT2D eigenvalue weighted by atomic mass is 10.5. The molecule has 2 N–H and O–H groups in total. The van der Waals surface area contributed by atoms with Crippen molar-refractivity contribution in [2.24, 2.45) is 0 Å². The van der Waals surface area contributed by atoms with Crippen LogP contribution in [-0.2, 0) is 4.74 Å². The predicted octanol–water partition coefficient (Wildman–Crippen LogP) is 1.52. The van der Waals surface area contributed by atoms with E-state index in [-0.39, 0.29) is 29.0 Å². The highest BCUT2D eigenvalue weighted by atomic mass is 79.9. The van der Waals surface area contributed by atoms with Crippen LogP contribution in [0.25, 0.3) is 0 Å². The van der Waals surface area contributed by atoms with E-state index in [0.717, 1.165) is 0 Å². The van der Waals surface area contributed by atoms with E-state index in [1.807, 2.05) is 0 Å². The van der Waals surface area contributed by atoms with Crippen molar-refractivity contribution in [3.8, 4) is 0 Å². The van der Waals surface area contributed by atoms with Crippen molar-refractivity contribution in [3.63, 3.8) is 0 Å². The lowest BCUT2D eigenvalue weighted by Crippen LogP contribution is -2.21. The predicted molar refractivity (Wildman–Crippen MR) is 57.9 cm³/mol. The molecule has 0 spiro atoms. The molecule has 96 valence electrons. The average molecular weight is 316 g/mol. The van der Waals surface area contributed by atoms with Crippen LogP contribution in [0.15, 0.2) is 15.6 Å². The molecule has 1 aromatic rings. The van der Waals surface area contributed by atoms with Crippen molar-refractivity contribution >= 4 is 21.7 Å². The Morgan fingerprint density at radius 2 is 2.24 bits per heavy atom. The van der Waals surface area contributed by atoms with Gasteiger partial charge in [-0.3, -0.25) is 4.79 Å². The Morgan fingerprint density at radius 3 is 2.88 bits per heavy atom. The Balaban J connectivity index is 2.32. The molecule has 0 aromatic carbocycles. The normalized spacial score (nSPS) is 11.5. The van der Waals surface area contributed by atoms with Gasteiger partial charge in [-0.2, -0.15) is 13.2 Å². The molecular weight excluding hydrogens is 307 g/mol.